The number of phenols is 1. The van der Waals surface area contributed by atoms with Crippen LogP contribution < -0.4 is 19.5 Å². The molecule has 0 aromatic heterocycles. The topological polar surface area (TPSA) is 77.0 Å². The van der Waals surface area contributed by atoms with E-state index < -0.39 is 5.91 Å². The number of nitrogens with one attached hydrogen (secondary N) is 1. The zero-order valence-electron chi connectivity index (χ0n) is 11.3. The Morgan fingerprint density at radius 3 is 2.81 bits per heavy atom. The Kier molecular flexibility index (Phi) is 3.27. The van der Waals surface area contributed by atoms with Gasteiger partial charge in [-0.15, -0.1) is 0 Å². The fourth-order valence-electron chi connectivity index (χ4n) is 2.00. The highest BCUT2D eigenvalue weighted by molar-refractivity contribution is 6.06. The molecule has 1 heterocycles. The first-order valence-corrected chi connectivity index (χ1v) is 6.25. The van der Waals surface area contributed by atoms with Crippen molar-refractivity contribution in [2.24, 2.45) is 0 Å². The van der Waals surface area contributed by atoms with E-state index in [2.05, 4.69) is 5.32 Å². The molecule has 21 heavy (non-hydrogen) atoms. The number of hydrogen-bond donors (Lipinski definition) is 2. The first-order chi connectivity index (χ1) is 10.2. The quantitative estimate of drug-likeness (QED) is 0.906. The molecule has 0 aliphatic carbocycles. The Labute approximate surface area is 120 Å². The standard InChI is InChI=1S/C15H13NO5/c1-19-10-3-4-12(17)11(7-10)15(18)16-9-2-5-13-14(6-9)21-8-20-13/h2-7,17H,8H2,1H3,(H,16,18). The number of phenolic OH excluding ortho intramolecular Hbond substituents is 1. The van der Waals surface area contributed by atoms with Crippen molar-refractivity contribution < 1.29 is 24.1 Å². The Hall–Kier alpha value is -2.89. The summed E-state index contributed by atoms with van der Waals surface area (Å²) in [6, 6.07) is 9.53. The van der Waals surface area contributed by atoms with Gasteiger partial charge in [-0.25, -0.2) is 0 Å². The average Bonchev–Trinajstić information content (AvgIpc) is 2.95. The third kappa shape index (κ3) is 2.55. The zero-order valence-corrected chi connectivity index (χ0v) is 11.3. The van der Waals surface area contributed by atoms with Crippen LogP contribution >= 0.6 is 0 Å². The summed E-state index contributed by atoms with van der Waals surface area (Å²) < 4.78 is 15.5. The van der Waals surface area contributed by atoms with Crippen molar-refractivity contribution in [3.05, 3.63) is 42.0 Å². The predicted octanol–water partition coefficient (Wildman–Crippen LogP) is 2.38. The van der Waals surface area contributed by atoms with Gasteiger partial charge in [0.05, 0.1) is 12.7 Å². The molecule has 6 heteroatoms. The zero-order chi connectivity index (χ0) is 14.8. The summed E-state index contributed by atoms with van der Waals surface area (Å²) in [4.78, 5) is 12.2. The average molecular weight is 287 g/mol. The van der Waals surface area contributed by atoms with Gasteiger partial charge in [0.25, 0.3) is 5.91 Å². The Bertz CT molecular complexity index is 698. The van der Waals surface area contributed by atoms with Gasteiger partial charge in [0.1, 0.15) is 11.5 Å². The molecule has 1 aliphatic heterocycles. The lowest BCUT2D eigenvalue weighted by molar-refractivity contribution is 0.102. The SMILES string of the molecule is COc1ccc(O)c(C(=O)Nc2ccc3c(c2)OCO3)c1. The minimum atomic E-state index is -0.440. The molecule has 3 rings (SSSR count). The van der Waals surface area contributed by atoms with E-state index in [1.165, 1.54) is 19.2 Å². The van der Waals surface area contributed by atoms with Crippen molar-refractivity contribution in [2.75, 3.05) is 19.2 Å². The van der Waals surface area contributed by atoms with Crippen LogP contribution in [0.4, 0.5) is 5.69 Å². The monoisotopic (exact) mass is 287 g/mol. The molecule has 0 atom stereocenters. The van der Waals surface area contributed by atoms with Gasteiger partial charge in [0.15, 0.2) is 11.5 Å². The van der Waals surface area contributed by atoms with Crippen LogP contribution in [0.5, 0.6) is 23.0 Å². The third-order valence-corrected chi connectivity index (χ3v) is 3.08. The highest BCUT2D eigenvalue weighted by Gasteiger charge is 2.16. The molecule has 1 aliphatic rings. The number of carbonyl (C=O) groups excluding carboxylic acids is 1. The summed E-state index contributed by atoms with van der Waals surface area (Å²) >= 11 is 0. The highest BCUT2D eigenvalue weighted by atomic mass is 16.7. The van der Waals surface area contributed by atoms with Crippen LogP contribution in [0.15, 0.2) is 36.4 Å². The van der Waals surface area contributed by atoms with E-state index in [4.69, 9.17) is 14.2 Å². The summed E-state index contributed by atoms with van der Waals surface area (Å²) in [5, 5.41) is 12.5. The minimum Gasteiger partial charge on any atom is -0.507 e. The highest BCUT2D eigenvalue weighted by Crippen LogP contribution is 2.34. The normalized spacial score (nSPS) is 12.0. The largest absolute Gasteiger partial charge is 0.507 e. The minimum absolute atomic E-state index is 0.117. The Morgan fingerprint density at radius 1 is 1.19 bits per heavy atom. The molecule has 2 aromatic carbocycles. The Balaban J connectivity index is 1.83. The molecule has 1 amide bonds. The smallest absolute Gasteiger partial charge is 0.259 e. The third-order valence-electron chi connectivity index (χ3n) is 3.08. The van der Waals surface area contributed by atoms with Gasteiger partial charge in [-0.2, -0.15) is 0 Å². The van der Waals surface area contributed by atoms with Crippen LogP contribution in [0.3, 0.4) is 0 Å². The fraction of sp³-hybridized carbons (Fsp3) is 0.133. The maximum atomic E-state index is 12.2. The van der Waals surface area contributed by atoms with Crippen molar-refractivity contribution in [2.45, 2.75) is 0 Å². The van der Waals surface area contributed by atoms with Crippen LogP contribution in [-0.4, -0.2) is 24.9 Å². The van der Waals surface area contributed by atoms with Crippen molar-refractivity contribution in [1.82, 2.24) is 0 Å². The maximum absolute atomic E-state index is 12.2. The fourth-order valence-corrected chi connectivity index (χ4v) is 2.00. The van der Waals surface area contributed by atoms with Crippen molar-refractivity contribution in [3.8, 4) is 23.0 Å². The number of amides is 1. The molecular formula is C15H13NO5. The second-order valence-electron chi connectivity index (χ2n) is 4.41. The number of benzene rings is 2. The molecule has 0 fully saturated rings. The lowest BCUT2D eigenvalue weighted by Gasteiger charge is -2.09. The lowest BCUT2D eigenvalue weighted by atomic mass is 10.1. The van der Waals surface area contributed by atoms with E-state index >= 15 is 0 Å². The molecule has 0 bridgehead atoms. The second-order valence-corrected chi connectivity index (χ2v) is 4.41. The number of rotatable bonds is 3. The number of ether oxygens (including phenoxy) is 3. The van der Waals surface area contributed by atoms with E-state index in [-0.39, 0.29) is 18.1 Å². The number of aromatic hydroxyl groups is 1. The second kappa shape index (κ2) is 5.24. The first kappa shape index (κ1) is 13.1. The van der Waals surface area contributed by atoms with E-state index in [9.17, 15) is 9.90 Å². The van der Waals surface area contributed by atoms with Gasteiger partial charge in [-0.1, -0.05) is 0 Å². The van der Waals surface area contributed by atoms with E-state index in [0.717, 1.165) is 0 Å². The van der Waals surface area contributed by atoms with Crippen LogP contribution in [0.25, 0.3) is 0 Å². The molecule has 0 spiro atoms. The molecule has 0 saturated carbocycles. The number of carbonyl (C=O) groups is 1. The molecule has 0 saturated heterocycles. The molecular weight excluding hydrogens is 274 g/mol. The van der Waals surface area contributed by atoms with Crippen LogP contribution in [-0.2, 0) is 0 Å². The molecule has 2 N–H and O–H groups in total. The first-order valence-electron chi connectivity index (χ1n) is 6.25. The summed E-state index contributed by atoms with van der Waals surface area (Å²) in [6.45, 7) is 0.170. The number of methoxy groups -OCH3 is 1. The van der Waals surface area contributed by atoms with Crippen molar-refractivity contribution in [3.63, 3.8) is 0 Å². The maximum Gasteiger partial charge on any atom is 0.259 e. The Morgan fingerprint density at radius 2 is 2.00 bits per heavy atom. The van der Waals surface area contributed by atoms with Gasteiger partial charge < -0.3 is 24.6 Å². The summed E-state index contributed by atoms with van der Waals surface area (Å²) in [5.74, 6) is 1.14. The number of fused-ring (bicyclic) bond motifs is 1. The van der Waals surface area contributed by atoms with Crippen molar-refractivity contribution in [1.29, 1.82) is 0 Å². The van der Waals surface area contributed by atoms with Gasteiger partial charge in [0, 0.05) is 11.8 Å². The van der Waals surface area contributed by atoms with Crippen LogP contribution in [0, 0.1) is 0 Å². The predicted molar refractivity (Wildman–Crippen MR) is 75.2 cm³/mol. The summed E-state index contributed by atoms with van der Waals surface area (Å²) in [5.41, 5.74) is 0.679. The van der Waals surface area contributed by atoms with Gasteiger partial charge >= 0.3 is 0 Å². The molecule has 2 aromatic rings. The summed E-state index contributed by atoms with van der Waals surface area (Å²) in [6.07, 6.45) is 0. The van der Waals surface area contributed by atoms with E-state index in [1.807, 2.05) is 0 Å². The molecule has 108 valence electrons. The summed E-state index contributed by atoms with van der Waals surface area (Å²) in [7, 11) is 1.49. The van der Waals surface area contributed by atoms with Crippen LogP contribution in [0.1, 0.15) is 10.4 Å². The van der Waals surface area contributed by atoms with Gasteiger partial charge in [0.2, 0.25) is 6.79 Å². The van der Waals surface area contributed by atoms with Gasteiger partial charge in [-0.3, -0.25) is 4.79 Å². The molecule has 0 unspecified atom stereocenters. The van der Waals surface area contributed by atoms with Crippen LogP contribution in [0.2, 0.25) is 0 Å². The van der Waals surface area contributed by atoms with Crippen molar-refractivity contribution >= 4 is 11.6 Å². The van der Waals surface area contributed by atoms with E-state index in [1.54, 1.807) is 24.3 Å². The molecule has 0 radical (unpaired) electrons. The van der Waals surface area contributed by atoms with Gasteiger partial charge in [-0.05, 0) is 30.3 Å². The van der Waals surface area contributed by atoms with E-state index in [0.29, 0.717) is 22.9 Å². The molecule has 6 nitrogen and oxygen atoms in total. The number of anilines is 1. The number of hydrogen-bond acceptors (Lipinski definition) is 5. The lowest BCUT2D eigenvalue weighted by Crippen LogP contribution is -2.12.